The minimum absolute atomic E-state index is 0.0262. The van der Waals surface area contributed by atoms with Crippen LogP contribution in [0.1, 0.15) is 29.6 Å². The van der Waals surface area contributed by atoms with Crippen molar-refractivity contribution >= 4 is 46.4 Å². The van der Waals surface area contributed by atoms with Gasteiger partial charge < -0.3 is 10.2 Å². The van der Waals surface area contributed by atoms with Crippen LogP contribution in [0.25, 0.3) is 0 Å². The number of likely N-dealkylation sites (tertiary alicyclic amines) is 1. The molecule has 0 aromatic heterocycles. The van der Waals surface area contributed by atoms with E-state index in [1.165, 1.54) is 29.2 Å². The molecule has 1 saturated heterocycles. The van der Waals surface area contributed by atoms with Crippen LogP contribution in [0.2, 0.25) is 10.0 Å². The van der Waals surface area contributed by atoms with E-state index in [1.54, 1.807) is 18.2 Å². The highest BCUT2D eigenvalue weighted by molar-refractivity contribution is 6.42. The molecule has 0 saturated carbocycles. The predicted molar refractivity (Wildman–Crippen MR) is 107 cm³/mol. The van der Waals surface area contributed by atoms with E-state index in [0.717, 1.165) is 12.8 Å². The molecule has 28 heavy (non-hydrogen) atoms. The zero-order valence-corrected chi connectivity index (χ0v) is 16.2. The number of anilines is 1. The van der Waals surface area contributed by atoms with Gasteiger partial charge >= 0.3 is 0 Å². The summed E-state index contributed by atoms with van der Waals surface area (Å²) in [4.78, 5) is 37.9. The molecule has 0 spiro atoms. The van der Waals surface area contributed by atoms with Crippen LogP contribution >= 0.6 is 23.2 Å². The summed E-state index contributed by atoms with van der Waals surface area (Å²) < 4.78 is 0. The number of rotatable bonds is 4. The molecule has 1 N–H and O–H groups in total. The summed E-state index contributed by atoms with van der Waals surface area (Å²) in [6.45, 7) is 0.352. The van der Waals surface area contributed by atoms with Gasteiger partial charge in [0, 0.05) is 18.3 Å². The van der Waals surface area contributed by atoms with Crippen molar-refractivity contribution in [3.63, 3.8) is 0 Å². The lowest BCUT2D eigenvalue weighted by Gasteiger charge is -2.34. The summed E-state index contributed by atoms with van der Waals surface area (Å²) in [5.74, 6) is -0.897. The van der Waals surface area contributed by atoms with E-state index < -0.39 is 16.9 Å². The maximum absolute atomic E-state index is 13.0. The summed E-state index contributed by atoms with van der Waals surface area (Å²) in [5.41, 5.74) is 0.159. The zero-order chi connectivity index (χ0) is 20.3. The van der Waals surface area contributed by atoms with Gasteiger partial charge in [0.1, 0.15) is 11.6 Å². The van der Waals surface area contributed by atoms with E-state index in [4.69, 9.17) is 23.2 Å². The Labute approximate surface area is 171 Å². The molecular weight excluding hydrogens is 405 g/mol. The molecule has 146 valence electrons. The van der Waals surface area contributed by atoms with Crippen LogP contribution in [0.15, 0.2) is 42.5 Å². The molecule has 0 radical (unpaired) electrons. The molecule has 7 nitrogen and oxygen atoms in total. The van der Waals surface area contributed by atoms with Crippen molar-refractivity contribution < 1.29 is 14.5 Å². The van der Waals surface area contributed by atoms with Crippen molar-refractivity contribution in [2.24, 2.45) is 0 Å². The topological polar surface area (TPSA) is 92.6 Å². The number of nitro benzene ring substituents is 1. The van der Waals surface area contributed by atoms with Gasteiger partial charge in [-0.2, -0.15) is 0 Å². The minimum Gasteiger partial charge on any atom is -0.326 e. The Bertz CT molecular complexity index is 935. The Morgan fingerprint density at radius 1 is 1.11 bits per heavy atom. The van der Waals surface area contributed by atoms with Crippen molar-refractivity contribution in [1.29, 1.82) is 0 Å². The number of nitrogens with zero attached hydrogens (tertiary/aromatic N) is 2. The third kappa shape index (κ3) is 4.26. The van der Waals surface area contributed by atoms with E-state index in [9.17, 15) is 19.7 Å². The van der Waals surface area contributed by atoms with Crippen LogP contribution < -0.4 is 5.32 Å². The van der Waals surface area contributed by atoms with Crippen molar-refractivity contribution in [1.82, 2.24) is 4.90 Å². The maximum atomic E-state index is 13.0. The van der Waals surface area contributed by atoms with Crippen LogP contribution in [0, 0.1) is 10.1 Å². The third-order valence-corrected chi connectivity index (χ3v) is 5.32. The summed E-state index contributed by atoms with van der Waals surface area (Å²) in [7, 11) is 0. The molecule has 3 rings (SSSR count). The molecular formula is C19H17Cl2N3O4. The van der Waals surface area contributed by atoms with Crippen molar-refractivity contribution in [2.75, 3.05) is 11.9 Å². The zero-order valence-electron chi connectivity index (χ0n) is 14.7. The van der Waals surface area contributed by atoms with Gasteiger partial charge in [-0.05, 0) is 43.5 Å². The van der Waals surface area contributed by atoms with Gasteiger partial charge in [0.25, 0.3) is 11.6 Å². The number of hydrogen-bond acceptors (Lipinski definition) is 4. The van der Waals surface area contributed by atoms with Gasteiger partial charge in [0.2, 0.25) is 5.91 Å². The monoisotopic (exact) mass is 421 g/mol. The lowest BCUT2D eigenvalue weighted by Crippen LogP contribution is -2.50. The Balaban J connectivity index is 1.84. The van der Waals surface area contributed by atoms with Gasteiger partial charge in [-0.1, -0.05) is 35.3 Å². The Morgan fingerprint density at radius 2 is 1.86 bits per heavy atom. The first-order valence-corrected chi connectivity index (χ1v) is 9.44. The summed E-state index contributed by atoms with van der Waals surface area (Å²) in [5, 5.41) is 14.7. The number of para-hydroxylation sites is 1. The predicted octanol–water partition coefficient (Wildman–Crippen LogP) is 4.54. The molecule has 1 heterocycles. The second-order valence-electron chi connectivity index (χ2n) is 6.40. The van der Waals surface area contributed by atoms with Gasteiger partial charge in [-0.25, -0.2) is 0 Å². The third-order valence-electron chi connectivity index (χ3n) is 4.58. The van der Waals surface area contributed by atoms with Gasteiger partial charge in [-0.3, -0.25) is 19.7 Å². The van der Waals surface area contributed by atoms with Crippen molar-refractivity contribution in [3.8, 4) is 0 Å². The van der Waals surface area contributed by atoms with Crippen LogP contribution in [0.5, 0.6) is 0 Å². The van der Waals surface area contributed by atoms with Crippen LogP contribution in [-0.2, 0) is 4.79 Å². The molecule has 2 amide bonds. The first-order chi connectivity index (χ1) is 13.4. The van der Waals surface area contributed by atoms with Crippen molar-refractivity contribution in [3.05, 3.63) is 68.2 Å². The largest absolute Gasteiger partial charge is 0.326 e. The standard InChI is InChI=1S/C19H17Cl2N3O4/c20-14-9-8-12(11-15(14)21)22-18(25)17-7-3-4-10-23(17)19(26)13-5-1-2-6-16(13)24(27)28/h1-2,5-6,8-9,11,17H,3-4,7,10H2,(H,22,25)/t17-/m1/s1. The van der Waals surface area contributed by atoms with E-state index in [0.29, 0.717) is 28.7 Å². The highest BCUT2D eigenvalue weighted by Gasteiger charge is 2.35. The average Bonchev–Trinajstić information content (AvgIpc) is 2.70. The summed E-state index contributed by atoms with van der Waals surface area (Å²) in [6.07, 6.45) is 1.97. The Hall–Kier alpha value is -2.64. The number of hydrogen-bond donors (Lipinski definition) is 1. The second kappa shape index (κ2) is 8.58. The molecule has 0 unspecified atom stereocenters. The molecule has 1 aliphatic rings. The fourth-order valence-corrected chi connectivity index (χ4v) is 3.51. The Morgan fingerprint density at radius 3 is 2.57 bits per heavy atom. The Kier molecular flexibility index (Phi) is 6.16. The normalized spacial score (nSPS) is 16.5. The number of carbonyl (C=O) groups is 2. The van der Waals surface area contributed by atoms with Gasteiger partial charge in [0.05, 0.1) is 15.0 Å². The summed E-state index contributed by atoms with van der Waals surface area (Å²) in [6, 6.07) is 9.73. The summed E-state index contributed by atoms with van der Waals surface area (Å²) >= 11 is 11.9. The molecule has 1 atom stereocenters. The van der Waals surface area contributed by atoms with Gasteiger partial charge in [0.15, 0.2) is 0 Å². The van der Waals surface area contributed by atoms with Crippen LogP contribution in [0.3, 0.4) is 0 Å². The molecule has 2 aromatic rings. The fourth-order valence-electron chi connectivity index (χ4n) is 3.22. The SMILES string of the molecule is O=C(Nc1ccc(Cl)c(Cl)c1)[C@H]1CCCCN1C(=O)c1ccccc1[N+](=O)[O-]. The number of carbonyl (C=O) groups excluding carboxylic acids is 2. The first kappa shape index (κ1) is 20.1. The minimum atomic E-state index is -0.726. The lowest BCUT2D eigenvalue weighted by molar-refractivity contribution is -0.385. The maximum Gasteiger partial charge on any atom is 0.282 e. The molecule has 0 aliphatic carbocycles. The molecule has 1 aliphatic heterocycles. The van der Waals surface area contributed by atoms with E-state index in [-0.39, 0.29) is 17.2 Å². The van der Waals surface area contributed by atoms with Crippen LogP contribution in [0.4, 0.5) is 11.4 Å². The second-order valence-corrected chi connectivity index (χ2v) is 7.22. The number of amides is 2. The quantitative estimate of drug-likeness (QED) is 0.579. The van der Waals surface area contributed by atoms with E-state index in [1.807, 2.05) is 0 Å². The molecule has 1 fully saturated rings. The first-order valence-electron chi connectivity index (χ1n) is 8.69. The number of halogens is 2. The van der Waals surface area contributed by atoms with E-state index in [2.05, 4.69) is 5.32 Å². The van der Waals surface area contributed by atoms with Gasteiger partial charge in [-0.15, -0.1) is 0 Å². The number of nitrogens with one attached hydrogen (secondary N) is 1. The highest BCUT2D eigenvalue weighted by atomic mass is 35.5. The number of piperidine rings is 1. The number of nitro groups is 1. The smallest absolute Gasteiger partial charge is 0.282 e. The average molecular weight is 422 g/mol. The lowest BCUT2D eigenvalue weighted by atomic mass is 9.99. The molecule has 0 bridgehead atoms. The van der Waals surface area contributed by atoms with Crippen molar-refractivity contribution in [2.45, 2.75) is 25.3 Å². The van der Waals surface area contributed by atoms with Crippen LogP contribution in [-0.4, -0.2) is 34.2 Å². The molecule has 9 heteroatoms. The fraction of sp³-hybridized carbons (Fsp3) is 0.263. The molecule has 2 aromatic carbocycles. The highest BCUT2D eigenvalue weighted by Crippen LogP contribution is 2.27. The number of benzene rings is 2. The van der Waals surface area contributed by atoms with E-state index >= 15 is 0 Å².